The Morgan fingerprint density at radius 2 is 1.67 bits per heavy atom. The van der Waals surface area contributed by atoms with Gasteiger partial charge in [0.2, 0.25) is 10.0 Å². The van der Waals surface area contributed by atoms with Gasteiger partial charge in [0, 0.05) is 31.7 Å². The smallest absolute Gasteiger partial charge is 0.243 e. The van der Waals surface area contributed by atoms with E-state index in [1.54, 1.807) is 22.5 Å². The minimum atomic E-state index is -3.61. The number of para-hydroxylation sites is 2. The van der Waals surface area contributed by atoms with Gasteiger partial charge in [0.15, 0.2) is 0 Å². The van der Waals surface area contributed by atoms with Crippen molar-refractivity contribution in [2.75, 3.05) is 37.7 Å². The van der Waals surface area contributed by atoms with E-state index in [-0.39, 0.29) is 4.90 Å². The minimum Gasteiger partial charge on any atom is -0.492 e. The Hall–Kier alpha value is -3.36. The molecule has 170 valence electrons. The van der Waals surface area contributed by atoms with E-state index in [9.17, 15) is 8.42 Å². The molecule has 1 fully saturated rings. The summed E-state index contributed by atoms with van der Waals surface area (Å²) in [6.45, 7) is 4.59. The molecule has 3 aromatic carbocycles. The van der Waals surface area contributed by atoms with Crippen molar-refractivity contribution in [2.45, 2.75) is 11.8 Å². The number of anilines is 1. The topological polar surface area (TPSA) is 78.5 Å². The van der Waals surface area contributed by atoms with E-state index in [0.717, 1.165) is 28.3 Å². The monoisotopic (exact) mass is 462 g/mol. The third kappa shape index (κ3) is 4.19. The lowest BCUT2D eigenvalue weighted by molar-refractivity contribution is 0.337. The number of sulfonamides is 1. The molecule has 1 aromatic heterocycles. The van der Waals surface area contributed by atoms with Crippen LogP contribution in [0.5, 0.6) is 5.75 Å². The van der Waals surface area contributed by atoms with Crippen molar-refractivity contribution >= 4 is 26.7 Å². The zero-order valence-electron chi connectivity index (χ0n) is 18.4. The first-order valence-corrected chi connectivity index (χ1v) is 12.5. The van der Waals surface area contributed by atoms with Crippen molar-refractivity contribution in [2.24, 2.45) is 0 Å². The van der Waals surface area contributed by atoms with Gasteiger partial charge in [0.05, 0.1) is 28.2 Å². The predicted molar refractivity (Wildman–Crippen MR) is 130 cm³/mol. The van der Waals surface area contributed by atoms with Gasteiger partial charge < -0.3 is 14.6 Å². The van der Waals surface area contributed by atoms with Gasteiger partial charge in [0.1, 0.15) is 11.6 Å². The molecule has 33 heavy (non-hydrogen) atoms. The number of benzene rings is 3. The average molecular weight is 463 g/mol. The van der Waals surface area contributed by atoms with Crippen LogP contribution in [0.2, 0.25) is 0 Å². The molecular weight excluding hydrogens is 436 g/mol. The molecule has 0 unspecified atom stereocenters. The first kappa shape index (κ1) is 21.5. The summed E-state index contributed by atoms with van der Waals surface area (Å²) in [5, 5.41) is 0. The molecule has 2 heterocycles. The molecular formula is C25H26N4O3S. The number of aromatic amines is 1. The summed E-state index contributed by atoms with van der Waals surface area (Å²) in [6.07, 6.45) is 0. The second-order valence-electron chi connectivity index (χ2n) is 7.92. The highest BCUT2D eigenvalue weighted by Gasteiger charge is 2.29. The molecule has 0 amide bonds. The molecule has 1 aliphatic rings. The highest BCUT2D eigenvalue weighted by atomic mass is 32.2. The maximum Gasteiger partial charge on any atom is 0.243 e. The molecule has 4 aromatic rings. The Labute approximate surface area is 193 Å². The Morgan fingerprint density at radius 1 is 0.939 bits per heavy atom. The molecule has 5 rings (SSSR count). The van der Waals surface area contributed by atoms with Gasteiger partial charge in [-0.2, -0.15) is 4.31 Å². The van der Waals surface area contributed by atoms with E-state index in [4.69, 9.17) is 4.74 Å². The molecule has 0 saturated carbocycles. The number of H-pyrrole nitrogens is 1. The molecule has 1 aliphatic heterocycles. The van der Waals surface area contributed by atoms with Crippen LogP contribution in [-0.2, 0) is 10.0 Å². The molecule has 1 N–H and O–H groups in total. The summed E-state index contributed by atoms with van der Waals surface area (Å²) in [5.41, 5.74) is 3.41. The van der Waals surface area contributed by atoms with E-state index in [1.165, 1.54) is 0 Å². The molecule has 0 radical (unpaired) electrons. The maximum atomic E-state index is 13.4. The lowest BCUT2D eigenvalue weighted by Gasteiger charge is -2.36. The zero-order valence-corrected chi connectivity index (χ0v) is 19.3. The largest absolute Gasteiger partial charge is 0.492 e. The SMILES string of the molecule is CCOc1ccccc1N1CCN(S(=O)(=O)c2ccc3nc(-c4ccccc4)[nH]c3c2)CC1. The van der Waals surface area contributed by atoms with Crippen LogP contribution >= 0.6 is 0 Å². The fourth-order valence-electron chi connectivity index (χ4n) is 4.20. The molecule has 0 bridgehead atoms. The van der Waals surface area contributed by atoms with Crippen LogP contribution in [0.15, 0.2) is 77.7 Å². The summed E-state index contributed by atoms with van der Waals surface area (Å²) in [4.78, 5) is 10.3. The standard InChI is InChI=1S/C25H26N4O3S/c1-2-32-24-11-7-6-10-23(24)28-14-16-29(17-15-28)33(30,31)20-12-13-21-22(18-20)27-25(26-21)19-8-4-3-5-9-19/h3-13,18H,2,14-17H2,1H3,(H,26,27). The fourth-order valence-corrected chi connectivity index (χ4v) is 5.65. The Bertz CT molecular complexity index is 1360. The number of hydrogen-bond donors (Lipinski definition) is 1. The van der Waals surface area contributed by atoms with Crippen molar-refractivity contribution in [3.8, 4) is 17.1 Å². The number of imidazole rings is 1. The predicted octanol–water partition coefficient (Wildman–Crippen LogP) is 4.14. The van der Waals surface area contributed by atoms with Gasteiger partial charge >= 0.3 is 0 Å². The van der Waals surface area contributed by atoms with Crippen LogP contribution in [0.4, 0.5) is 5.69 Å². The minimum absolute atomic E-state index is 0.279. The fraction of sp³-hybridized carbons (Fsp3) is 0.240. The lowest BCUT2D eigenvalue weighted by Crippen LogP contribution is -2.48. The molecule has 0 spiro atoms. The summed E-state index contributed by atoms with van der Waals surface area (Å²) in [7, 11) is -3.61. The number of nitrogens with one attached hydrogen (secondary N) is 1. The second kappa shape index (κ2) is 8.88. The first-order valence-electron chi connectivity index (χ1n) is 11.1. The molecule has 0 atom stereocenters. The van der Waals surface area contributed by atoms with Crippen molar-refractivity contribution in [1.29, 1.82) is 0 Å². The van der Waals surface area contributed by atoms with Gasteiger partial charge in [-0.05, 0) is 37.3 Å². The van der Waals surface area contributed by atoms with Crippen LogP contribution in [0, 0.1) is 0 Å². The van der Waals surface area contributed by atoms with Crippen molar-refractivity contribution in [3.05, 3.63) is 72.8 Å². The normalized spacial score (nSPS) is 15.1. The molecule has 1 saturated heterocycles. The number of nitrogens with zero attached hydrogens (tertiary/aromatic N) is 3. The van der Waals surface area contributed by atoms with Crippen LogP contribution in [0.1, 0.15) is 6.92 Å². The molecule has 0 aliphatic carbocycles. The van der Waals surface area contributed by atoms with Crippen LogP contribution in [0.3, 0.4) is 0 Å². The van der Waals surface area contributed by atoms with E-state index in [0.29, 0.717) is 38.3 Å². The molecule has 7 nitrogen and oxygen atoms in total. The van der Waals surface area contributed by atoms with Gasteiger partial charge in [0.25, 0.3) is 0 Å². The van der Waals surface area contributed by atoms with Crippen LogP contribution < -0.4 is 9.64 Å². The van der Waals surface area contributed by atoms with E-state index in [2.05, 4.69) is 14.9 Å². The number of piperazine rings is 1. The van der Waals surface area contributed by atoms with Gasteiger partial charge in [-0.15, -0.1) is 0 Å². The zero-order chi connectivity index (χ0) is 22.8. The summed E-state index contributed by atoms with van der Waals surface area (Å²) < 4.78 is 34.0. The third-order valence-electron chi connectivity index (χ3n) is 5.88. The van der Waals surface area contributed by atoms with Crippen LogP contribution in [0.25, 0.3) is 22.4 Å². The number of ether oxygens (including phenoxy) is 1. The summed E-state index contributed by atoms with van der Waals surface area (Å²) >= 11 is 0. The number of aromatic nitrogens is 2. The second-order valence-corrected chi connectivity index (χ2v) is 9.86. The Balaban J connectivity index is 1.35. The van der Waals surface area contributed by atoms with E-state index >= 15 is 0 Å². The average Bonchev–Trinajstić information content (AvgIpc) is 3.29. The van der Waals surface area contributed by atoms with Crippen LogP contribution in [-0.4, -0.2) is 55.5 Å². The first-order chi connectivity index (χ1) is 16.1. The quantitative estimate of drug-likeness (QED) is 0.466. The number of rotatable bonds is 6. The Morgan fingerprint density at radius 3 is 2.42 bits per heavy atom. The van der Waals surface area contributed by atoms with E-state index in [1.807, 2.05) is 61.5 Å². The van der Waals surface area contributed by atoms with Crippen molar-refractivity contribution in [1.82, 2.24) is 14.3 Å². The van der Waals surface area contributed by atoms with E-state index < -0.39 is 10.0 Å². The summed E-state index contributed by atoms with van der Waals surface area (Å²) in [6, 6.07) is 22.8. The molecule has 8 heteroatoms. The number of hydrogen-bond acceptors (Lipinski definition) is 5. The Kier molecular flexibility index (Phi) is 5.78. The van der Waals surface area contributed by atoms with Crippen molar-refractivity contribution in [3.63, 3.8) is 0 Å². The van der Waals surface area contributed by atoms with Gasteiger partial charge in [-0.1, -0.05) is 42.5 Å². The highest BCUT2D eigenvalue weighted by Crippen LogP contribution is 2.30. The highest BCUT2D eigenvalue weighted by molar-refractivity contribution is 7.89. The third-order valence-corrected chi connectivity index (χ3v) is 7.78. The lowest BCUT2D eigenvalue weighted by atomic mass is 10.2. The summed E-state index contributed by atoms with van der Waals surface area (Å²) in [5.74, 6) is 1.55. The van der Waals surface area contributed by atoms with Crippen molar-refractivity contribution < 1.29 is 13.2 Å². The van der Waals surface area contributed by atoms with Gasteiger partial charge in [-0.3, -0.25) is 0 Å². The maximum absolute atomic E-state index is 13.4. The number of fused-ring (bicyclic) bond motifs is 1. The van der Waals surface area contributed by atoms with Gasteiger partial charge in [-0.25, -0.2) is 13.4 Å².